The van der Waals surface area contributed by atoms with E-state index in [-0.39, 0.29) is 18.0 Å². The second kappa shape index (κ2) is 10.8. The van der Waals surface area contributed by atoms with Gasteiger partial charge < -0.3 is 19.6 Å². The van der Waals surface area contributed by atoms with Crippen LogP contribution in [0, 0.1) is 6.92 Å². The smallest absolute Gasteiger partial charge is 0.339 e. The van der Waals surface area contributed by atoms with E-state index in [1.54, 1.807) is 6.07 Å². The molecule has 2 aromatic carbocycles. The molecule has 178 valence electrons. The Kier molecular flexibility index (Phi) is 7.57. The quantitative estimate of drug-likeness (QED) is 0.447. The van der Waals surface area contributed by atoms with Crippen molar-refractivity contribution in [2.24, 2.45) is 0 Å². The highest BCUT2D eigenvalue weighted by atomic mass is 32.2. The van der Waals surface area contributed by atoms with E-state index in [0.29, 0.717) is 29.1 Å². The molecule has 34 heavy (non-hydrogen) atoms. The molecule has 0 fully saturated rings. The van der Waals surface area contributed by atoms with Gasteiger partial charge in [0.1, 0.15) is 17.4 Å². The molecule has 3 aromatic rings. The average molecular weight is 482 g/mol. The third-order valence-electron chi connectivity index (χ3n) is 5.82. The number of thioether (sulfide) groups is 1. The standard InChI is InChI=1S/C26H27NO6S/c1-16-11-21(24-18-9-5-6-10-19(18)26(31)33-22(24)12-16)32-13-23(28)27-20(25(29)30)15-34-14-17-7-3-2-4-8-17/h2-4,7-8,11-12,20H,5-6,9-10,13-15H2,1H3,(H,27,28)(H,29,30). The van der Waals surface area contributed by atoms with Crippen molar-refractivity contribution >= 4 is 34.6 Å². The number of carbonyl (C=O) groups excluding carboxylic acids is 1. The van der Waals surface area contributed by atoms with Crippen LogP contribution in [-0.4, -0.2) is 35.4 Å². The minimum absolute atomic E-state index is 0.238. The van der Waals surface area contributed by atoms with Gasteiger partial charge in [0.05, 0.1) is 5.39 Å². The number of fused-ring (bicyclic) bond motifs is 3. The number of carbonyl (C=O) groups is 2. The number of nitrogens with one attached hydrogen (secondary N) is 1. The summed E-state index contributed by atoms with van der Waals surface area (Å²) in [5.41, 5.74) is 3.66. The van der Waals surface area contributed by atoms with Crippen molar-refractivity contribution in [3.05, 3.63) is 75.1 Å². The first-order valence-electron chi connectivity index (χ1n) is 11.3. The zero-order chi connectivity index (χ0) is 24.1. The number of ether oxygens (including phenoxy) is 1. The molecule has 7 nitrogen and oxygen atoms in total. The second-order valence-electron chi connectivity index (χ2n) is 8.44. The monoisotopic (exact) mass is 481 g/mol. The van der Waals surface area contributed by atoms with Gasteiger partial charge in [-0.2, -0.15) is 11.8 Å². The summed E-state index contributed by atoms with van der Waals surface area (Å²) in [7, 11) is 0. The zero-order valence-corrected chi connectivity index (χ0v) is 19.8. The maximum absolute atomic E-state index is 12.5. The van der Waals surface area contributed by atoms with Crippen molar-refractivity contribution in [1.82, 2.24) is 5.32 Å². The van der Waals surface area contributed by atoms with Crippen LogP contribution in [0.3, 0.4) is 0 Å². The number of carboxylic acid groups (broad SMARTS) is 1. The fraction of sp³-hybridized carbons (Fsp3) is 0.346. The van der Waals surface area contributed by atoms with Crippen LogP contribution < -0.4 is 15.7 Å². The van der Waals surface area contributed by atoms with E-state index in [9.17, 15) is 19.5 Å². The summed E-state index contributed by atoms with van der Waals surface area (Å²) in [5.74, 6) is -0.248. The van der Waals surface area contributed by atoms with Crippen molar-refractivity contribution < 1.29 is 23.8 Å². The molecular formula is C26H27NO6S. The lowest BCUT2D eigenvalue weighted by atomic mass is 9.90. The maximum Gasteiger partial charge on any atom is 0.339 e. The average Bonchev–Trinajstić information content (AvgIpc) is 2.82. The van der Waals surface area contributed by atoms with E-state index in [1.807, 2.05) is 43.3 Å². The number of hydrogen-bond donors (Lipinski definition) is 2. The molecule has 1 aliphatic carbocycles. The number of carboxylic acids is 1. The Morgan fingerprint density at radius 3 is 2.62 bits per heavy atom. The topological polar surface area (TPSA) is 106 Å². The summed E-state index contributed by atoms with van der Waals surface area (Å²) in [4.78, 5) is 36.6. The summed E-state index contributed by atoms with van der Waals surface area (Å²) < 4.78 is 11.4. The van der Waals surface area contributed by atoms with Crippen LogP contribution in [-0.2, 0) is 28.2 Å². The third-order valence-corrected chi connectivity index (χ3v) is 6.92. The SMILES string of the molecule is Cc1cc(OCC(=O)NC(CSCc2ccccc2)C(=O)O)c2c3c(c(=O)oc2c1)CCCC3. The van der Waals surface area contributed by atoms with E-state index in [4.69, 9.17) is 9.15 Å². The van der Waals surface area contributed by atoms with Crippen LogP contribution in [0.4, 0.5) is 0 Å². The lowest BCUT2D eigenvalue weighted by Gasteiger charge is -2.19. The van der Waals surface area contributed by atoms with Crippen molar-refractivity contribution in [2.45, 2.75) is 44.4 Å². The minimum Gasteiger partial charge on any atom is -0.483 e. The number of amides is 1. The molecule has 0 saturated carbocycles. The lowest BCUT2D eigenvalue weighted by Crippen LogP contribution is -2.44. The van der Waals surface area contributed by atoms with Gasteiger partial charge in [0, 0.05) is 17.1 Å². The molecule has 0 radical (unpaired) electrons. The fourth-order valence-electron chi connectivity index (χ4n) is 4.20. The van der Waals surface area contributed by atoms with Gasteiger partial charge in [-0.3, -0.25) is 4.79 Å². The Labute approximate surface area is 201 Å². The van der Waals surface area contributed by atoms with Gasteiger partial charge in [-0.05, 0) is 61.4 Å². The summed E-state index contributed by atoms with van der Waals surface area (Å²) >= 11 is 1.44. The molecule has 0 aliphatic heterocycles. The highest BCUT2D eigenvalue weighted by molar-refractivity contribution is 7.98. The number of rotatable bonds is 9. The van der Waals surface area contributed by atoms with E-state index < -0.39 is 17.9 Å². The fourth-order valence-corrected chi connectivity index (χ4v) is 5.21. The second-order valence-corrected chi connectivity index (χ2v) is 9.47. The van der Waals surface area contributed by atoms with Crippen LogP contribution in [0.25, 0.3) is 11.0 Å². The van der Waals surface area contributed by atoms with E-state index in [1.165, 1.54) is 11.8 Å². The van der Waals surface area contributed by atoms with Crippen molar-refractivity contribution in [3.63, 3.8) is 0 Å². The van der Waals surface area contributed by atoms with Gasteiger partial charge in [-0.15, -0.1) is 0 Å². The van der Waals surface area contributed by atoms with E-state index in [2.05, 4.69) is 5.32 Å². The highest BCUT2D eigenvalue weighted by Gasteiger charge is 2.23. The lowest BCUT2D eigenvalue weighted by molar-refractivity contribution is -0.141. The molecule has 1 unspecified atom stereocenters. The first-order chi connectivity index (χ1) is 16.4. The summed E-state index contributed by atoms with van der Waals surface area (Å²) in [6, 6.07) is 12.3. The highest BCUT2D eigenvalue weighted by Crippen LogP contribution is 2.34. The van der Waals surface area contributed by atoms with Gasteiger partial charge in [-0.25, -0.2) is 9.59 Å². The normalized spacial score (nSPS) is 13.8. The van der Waals surface area contributed by atoms with Gasteiger partial charge in [0.25, 0.3) is 5.91 Å². The molecule has 0 saturated heterocycles. The van der Waals surface area contributed by atoms with Crippen LogP contribution in [0.1, 0.15) is 35.1 Å². The van der Waals surface area contributed by atoms with E-state index in [0.717, 1.165) is 41.3 Å². The predicted molar refractivity (Wildman–Crippen MR) is 132 cm³/mol. The Bertz CT molecular complexity index is 1250. The van der Waals surface area contributed by atoms with E-state index >= 15 is 0 Å². The molecule has 0 bridgehead atoms. The maximum atomic E-state index is 12.5. The minimum atomic E-state index is -1.09. The first-order valence-corrected chi connectivity index (χ1v) is 12.4. The Hall–Kier alpha value is -3.26. The number of benzene rings is 2. The molecule has 1 amide bonds. The zero-order valence-electron chi connectivity index (χ0n) is 19.0. The summed E-state index contributed by atoms with van der Waals surface area (Å²) in [6.45, 7) is 1.52. The molecule has 1 heterocycles. The molecule has 4 rings (SSSR count). The Morgan fingerprint density at radius 2 is 1.88 bits per heavy atom. The van der Waals surface area contributed by atoms with Gasteiger partial charge in [-0.1, -0.05) is 30.3 Å². The molecule has 2 N–H and O–H groups in total. The predicted octanol–water partition coefficient (Wildman–Crippen LogP) is 3.86. The molecule has 8 heteroatoms. The molecular weight excluding hydrogens is 454 g/mol. The van der Waals surface area contributed by atoms with Crippen molar-refractivity contribution in [1.29, 1.82) is 0 Å². The van der Waals surface area contributed by atoms with Gasteiger partial charge in [0.2, 0.25) is 0 Å². The van der Waals surface area contributed by atoms with Crippen LogP contribution >= 0.6 is 11.8 Å². The number of hydrogen-bond acceptors (Lipinski definition) is 6. The molecule has 1 aromatic heterocycles. The first kappa shape index (κ1) is 23.9. The van der Waals surface area contributed by atoms with Gasteiger partial charge >= 0.3 is 11.6 Å². The number of aliphatic carboxylic acids is 1. The van der Waals surface area contributed by atoms with Crippen LogP contribution in [0.5, 0.6) is 5.75 Å². The van der Waals surface area contributed by atoms with Crippen molar-refractivity contribution in [2.75, 3.05) is 12.4 Å². The molecule has 1 atom stereocenters. The largest absolute Gasteiger partial charge is 0.483 e. The molecule has 1 aliphatic rings. The number of aryl methyl sites for hydroxylation is 2. The third kappa shape index (κ3) is 5.62. The van der Waals surface area contributed by atoms with Crippen LogP contribution in [0.15, 0.2) is 51.7 Å². The van der Waals surface area contributed by atoms with Crippen molar-refractivity contribution in [3.8, 4) is 5.75 Å². The summed E-state index contributed by atoms with van der Waals surface area (Å²) in [5, 5.41) is 12.8. The molecule has 0 spiro atoms. The Balaban J connectivity index is 1.44. The summed E-state index contributed by atoms with van der Waals surface area (Å²) in [6.07, 6.45) is 3.33. The van der Waals surface area contributed by atoms with Gasteiger partial charge in [0.15, 0.2) is 6.61 Å². The van der Waals surface area contributed by atoms with Crippen LogP contribution in [0.2, 0.25) is 0 Å². The Morgan fingerprint density at radius 1 is 1.15 bits per heavy atom.